The lowest BCUT2D eigenvalue weighted by Crippen LogP contribution is -2.45. The first-order valence-electron chi connectivity index (χ1n) is 10.6. The van der Waals surface area contributed by atoms with Gasteiger partial charge in [0, 0.05) is 19.5 Å². The first-order valence-corrected chi connectivity index (χ1v) is 10.6. The van der Waals surface area contributed by atoms with Crippen LogP contribution in [-0.2, 0) is 16.1 Å². The number of nitrogens with zero attached hydrogens (tertiary/aromatic N) is 2. The summed E-state index contributed by atoms with van der Waals surface area (Å²) >= 11 is 0. The lowest BCUT2D eigenvalue weighted by molar-refractivity contribution is -0.141. The van der Waals surface area contributed by atoms with E-state index < -0.39 is 0 Å². The summed E-state index contributed by atoms with van der Waals surface area (Å²) in [5.41, 5.74) is 1.77. The second kappa shape index (κ2) is 10.8. The molecule has 0 N–H and O–H groups in total. The van der Waals surface area contributed by atoms with Crippen molar-refractivity contribution < 1.29 is 18.7 Å². The molecule has 0 bridgehead atoms. The quantitative estimate of drug-likeness (QED) is 0.615. The highest BCUT2D eigenvalue weighted by molar-refractivity contribution is 5.85. The average molecular weight is 425 g/mol. The van der Waals surface area contributed by atoms with Crippen molar-refractivity contribution in [2.45, 2.75) is 38.8 Å². The fourth-order valence-electron chi connectivity index (χ4n) is 3.64. The SMILES string of the molecule is CCCCC(=O)N1C/C=C\C(c2ccc(OC)cc2)N(Cc2ccc(F)cc2)C(=O)C1. The Bertz CT molecular complexity index is 909. The van der Waals surface area contributed by atoms with Crippen molar-refractivity contribution in [3.05, 3.63) is 77.6 Å². The Morgan fingerprint density at radius 2 is 1.84 bits per heavy atom. The first kappa shape index (κ1) is 22.5. The maximum Gasteiger partial charge on any atom is 0.243 e. The molecule has 5 nitrogen and oxygen atoms in total. The maximum atomic E-state index is 13.4. The number of hydrogen-bond acceptors (Lipinski definition) is 3. The molecule has 0 aliphatic carbocycles. The van der Waals surface area contributed by atoms with Gasteiger partial charge >= 0.3 is 0 Å². The van der Waals surface area contributed by atoms with Crippen molar-refractivity contribution in [2.75, 3.05) is 20.2 Å². The third kappa shape index (κ3) is 5.94. The van der Waals surface area contributed by atoms with E-state index in [1.54, 1.807) is 29.0 Å². The molecule has 0 radical (unpaired) electrons. The van der Waals surface area contributed by atoms with Crippen LogP contribution in [0.1, 0.15) is 43.4 Å². The van der Waals surface area contributed by atoms with Crippen LogP contribution in [0.15, 0.2) is 60.7 Å². The van der Waals surface area contributed by atoms with Crippen molar-refractivity contribution in [3.8, 4) is 5.75 Å². The van der Waals surface area contributed by atoms with Crippen LogP contribution in [0.4, 0.5) is 4.39 Å². The molecule has 1 aliphatic rings. The van der Waals surface area contributed by atoms with Crippen LogP contribution in [-0.4, -0.2) is 41.8 Å². The van der Waals surface area contributed by atoms with Gasteiger partial charge in [0.05, 0.1) is 13.2 Å². The van der Waals surface area contributed by atoms with Gasteiger partial charge in [-0.25, -0.2) is 4.39 Å². The van der Waals surface area contributed by atoms with E-state index in [0.29, 0.717) is 19.5 Å². The van der Waals surface area contributed by atoms with Gasteiger partial charge in [0.15, 0.2) is 0 Å². The summed E-state index contributed by atoms with van der Waals surface area (Å²) in [7, 11) is 1.61. The van der Waals surface area contributed by atoms with E-state index >= 15 is 0 Å². The van der Waals surface area contributed by atoms with E-state index in [-0.39, 0.29) is 30.2 Å². The van der Waals surface area contributed by atoms with Gasteiger partial charge in [-0.2, -0.15) is 0 Å². The van der Waals surface area contributed by atoms with Crippen LogP contribution in [0.5, 0.6) is 5.75 Å². The zero-order valence-electron chi connectivity index (χ0n) is 18.1. The van der Waals surface area contributed by atoms with Crippen LogP contribution in [0.3, 0.4) is 0 Å². The fraction of sp³-hybridized carbons (Fsp3) is 0.360. The first-order chi connectivity index (χ1) is 15.0. The van der Waals surface area contributed by atoms with E-state index in [1.807, 2.05) is 43.3 Å². The molecule has 6 heteroatoms. The monoisotopic (exact) mass is 424 g/mol. The maximum absolute atomic E-state index is 13.4. The Hall–Kier alpha value is -3.15. The molecule has 0 spiro atoms. The lowest BCUT2D eigenvalue weighted by atomic mass is 10.0. The molecule has 0 fully saturated rings. The van der Waals surface area contributed by atoms with Crippen LogP contribution in [0.25, 0.3) is 0 Å². The van der Waals surface area contributed by atoms with Crippen molar-refractivity contribution in [2.24, 2.45) is 0 Å². The molecule has 1 unspecified atom stereocenters. The number of carbonyl (C=O) groups is 2. The zero-order chi connectivity index (χ0) is 22.2. The van der Waals surface area contributed by atoms with Gasteiger partial charge in [-0.15, -0.1) is 0 Å². The van der Waals surface area contributed by atoms with Gasteiger partial charge in [-0.1, -0.05) is 49.8 Å². The van der Waals surface area contributed by atoms with Gasteiger partial charge in [0.25, 0.3) is 0 Å². The number of unbranched alkanes of at least 4 members (excludes halogenated alkanes) is 1. The Kier molecular flexibility index (Phi) is 7.82. The predicted molar refractivity (Wildman–Crippen MR) is 118 cm³/mol. The summed E-state index contributed by atoms with van der Waals surface area (Å²) in [4.78, 5) is 29.2. The minimum absolute atomic E-state index is 0.00974. The van der Waals surface area contributed by atoms with Gasteiger partial charge in [-0.3, -0.25) is 9.59 Å². The molecule has 3 rings (SSSR count). The third-order valence-electron chi connectivity index (χ3n) is 5.45. The minimum Gasteiger partial charge on any atom is -0.497 e. The third-order valence-corrected chi connectivity index (χ3v) is 5.45. The second-order valence-corrected chi connectivity index (χ2v) is 7.67. The van der Waals surface area contributed by atoms with Crippen LogP contribution < -0.4 is 4.74 Å². The number of ether oxygens (including phenoxy) is 1. The van der Waals surface area contributed by atoms with E-state index in [4.69, 9.17) is 4.74 Å². The summed E-state index contributed by atoms with van der Waals surface area (Å²) in [6.45, 7) is 2.79. The Morgan fingerprint density at radius 3 is 2.48 bits per heavy atom. The summed E-state index contributed by atoms with van der Waals surface area (Å²) in [5.74, 6) is 0.272. The number of hydrogen-bond donors (Lipinski definition) is 0. The largest absolute Gasteiger partial charge is 0.497 e. The molecule has 2 aromatic rings. The molecular weight excluding hydrogens is 395 g/mol. The highest BCUT2D eigenvalue weighted by Crippen LogP contribution is 2.28. The molecule has 1 aliphatic heterocycles. The molecule has 31 heavy (non-hydrogen) atoms. The smallest absolute Gasteiger partial charge is 0.243 e. The van der Waals surface area contributed by atoms with Crippen LogP contribution >= 0.6 is 0 Å². The highest BCUT2D eigenvalue weighted by Gasteiger charge is 2.28. The summed E-state index contributed by atoms with van der Waals surface area (Å²) in [5, 5.41) is 0. The number of amides is 2. The number of benzene rings is 2. The van der Waals surface area contributed by atoms with E-state index in [2.05, 4.69) is 0 Å². The summed E-state index contributed by atoms with van der Waals surface area (Å²) in [6, 6.07) is 13.4. The molecule has 1 heterocycles. The zero-order valence-corrected chi connectivity index (χ0v) is 18.1. The molecule has 0 aromatic heterocycles. The van der Waals surface area contributed by atoms with E-state index in [9.17, 15) is 14.0 Å². The Balaban J connectivity index is 1.91. The number of methoxy groups -OCH3 is 1. The van der Waals surface area contributed by atoms with Crippen molar-refractivity contribution >= 4 is 11.8 Å². The highest BCUT2D eigenvalue weighted by atomic mass is 19.1. The van der Waals surface area contributed by atoms with Crippen molar-refractivity contribution in [3.63, 3.8) is 0 Å². The lowest BCUT2D eigenvalue weighted by Gasteiger charge is -2.34. The van der Waals surface area contributed by atoms with Crippen molar-refractivity contribution in [1.29, 1.82) is 0 Å². The van der Waals surface area contributed by atoms with E-state index in [1.165, 1.54) is 12.1 Å². The molecule has 164 valence electrons. The summed E-state index contributed by atoms with van der Waals surface area (Å²) < 4.78 is 18.6. The van der Waals surface area contributed by atoms with Gasteiger partial charge in [0.2, 0.25) is 11.8 Å². The standard InChI is InChI=1S/C25H29FN2O3/c1-3-4-7-24(29)27-16-5-6-23(20-10-14-22(31-2)15-11-20)28(25(30)18-27)17-19-8-12-21(26)13-9-19/h5-6,8-15,23H,3-4,7,16-18H2,1-2H3/b6-5-. The van der Waals surface area contributed by atoms with Crippen LogP contribution in [0, 0.1) is 5.82 Å². The Morgan fingerprint density at radius 1 is 1.13 bits per heavy atom. The predicted octanol–water partition coefficient (Wildman–Crippen LogP) is 4.49. The number of rotatable bonds is 7. The van der Waals surface area contributed by atoms with E-state index in [0.717, 1.165) is 29.7 Å². The number of halogens is 1. The fourth-order valence-corrected chi connectivity index (χ4v) is 3.64. The number of carbonyl (C=O) groups excluding carboxylic acids is 2. The van der Waals surface area contributed by atoms with Gasteiger partial charge in [-0.05, 0) is 41.8 Å². The van der Waals surface area contributed by atoms with Gasteiger partial charge in [0.1, 0.15) is 18.1 Å². The normalized spacial score (nSPS) is 17.8. The molecule has 0 saturated carbocycles. The minimum atomic E-state index is -0.318. The average Bonchev–Trinajstić information content (AvgIpc) is 2.78. The van der Waals surface area contributed by atoms with Crippen molar-refractivity contribution in [1.82, 2.24) is 9.80 Å². The summed E-state index contributed by atoms with van der Waals surface area (Å²) in [6.07, 6.45) is 6.09. The molecule has 1 atom stereocenters. The van der Waals surface area contributed by atoms with Crippen LogP contribution in [0.2, 0.25) is 0 Å². The van der Waals surface area contributed by atoms with Gasteiger partial charge < -0.3 is 14.5 Å². The Labute approximate surface area is 183 Å². The molecule has 2 aromatic carbocycles. The second-order valence-electron chi connectivity index (χ2n) is 7.67. The molecular formula is C25H29FN2O3. The topological polar surface area (TPSA) is 49.9 Å². The molecule has 2 amide bonds. The molecule has 0 saturated heterocycles.